The van der Waals surface area contributed by atoms with Crippen LogP contribution in [0.1, 0.15) is 22.0 Å². The number of carbonyl (C=O) groups is 1. The van der Waals surface area contributed by atoms with E-state index in [1.807, 2.05) is 26.2 Å². The van der Waals surface area contributed by atoms with Gasteiger partial charge in [-0.3, -0.25) is 9.69 Å². The minimum atomic E-state index is -0.223. The fourth-order valence-corrected chi connectivity index (χ4v) is 4.51. The van der Waals surface area contributed by atoms with E-state index in [1.165, 1.54) is 12.1 Å². The Hall–Kier alpha value is -3.09. The molecule has 1 amide bonds. The fraction of sp³-hybridized carbons (Fsp3) is 0.296. The van der Waals surface area contributed by atoms with Gasteiger partial charge in [0.25, 0.3) is 5.91 Å². The van der Waals surface area contributed by atoms with Crippen molar-refractivity contribution in [3.63, 3.8) is 0 Å². The van der Waals surface area contributed by atoms with Crippen LogP contribution < -0.4 is 15.1 Å². The van der Waals surface area contributed by atoms with Gasteiger partial charge >= 0.3 is 0 Å². The summed E-state index contributed by atoms with van der Waals surface area (Å²) in [6, 6.07) is 22.2. The zero-order valence-corrected chi connectivity index (χ0v) is 20.3. The maximum atomic E-state index is 13.3. The summed E-state index contributed by atoms with van der Waals surface area (Å²) < 4.78 is 13.3. The minimum absolute atomic E-state index is 0.0368. The molecular formula is C27H30ClFN4O. The molecule has 0 unspecified atom stereocenters. The van der Waals surface area contributed by atoms with E-state index in [1.54, 1.807) is 24.3 Å². The standard InChI is InChI=1S/C27H30ClFN4O/c1-31(2)24-10-6-20(7-11-24)26(19-30-27(34)21-4-3-5-22(28)18-21)33-16-14-32(15-17-33)25-12-8-23(29)9-13-25/h3-13,18,26H,14-17,19H2,1-2H3,(H,30,34)/t26-/m0/s1. The molecule has 3 aromatic rings. The molecule has 0 saturated carbocycles. The number of anilines is 2. The van der Waals surface area contributed by atoms with E-state index in [4.69, 9.17) is 11.6 Å². The summed E-state index contributed by atoms with van der Waals surface area (Å²) in [6.45, 7) is 3.83. The third-order valence-electron chi connectivity index (χ3n) is 6.28. The third kappa shape index (κ3) is 5.88. The quantitative estimate of drug-likeness (QED) is 0.525. The number of halogens is 2. The second-order valence-corrected chi connectivity index (χ2v) is 9.16. The zero-order chi connectivity index (χ0) is 24.1. The molecule has 1 aliphatic rings. The van der Waals surface area contributed by atoms with Gasteiger partial charge in [-0.25, -0.2) is 4.39 Å². The molecule has 5 nitrogen and oxygen atoms in total. The molecule has 34 heavy (non-hydrogen) atoms. The highest BCUT2D eigenvalue weighted by molar-refractivity contribution is 6.30. The minimum Gasteiger partial charge on any atom is -0.378 e. The predicted octanol–water partition coefficient (Wildman–Crippen LogP) is 4.84. The fourth-order valence-electron chi connectivity index (χ4n) is 4.32. The first-order valence-electron chi connectivity index (χ1n) is 11.5. The molecule has 0 spiro atoms. The Morgan fingerprint density at radius 2 is 1.68 bits per heavy atom. The van der Waals surface area contributed by atoms with E-state index >= 15 is 0 Å². The van der Waals surface area contributed by atoms with E-state index in [2.05, 4.69) is 44.3 Å². The molecule has 7 heteroatoms. The van der Waals surface area contributed by atoms with Crippen LogP contribution in [0.5, 0.6) is 0 Å². The van der Waals surface area contributed by atoms with Gasteiger partial charge in [-0.15, -0.1) is 0 Å². The number of nitrogens with one attached hydrogen (secondary N) is 1. The first-order valence-corrected chi connectivity index (χ1v) is 11.8. The number of carbonyl (C=O) groups excluding carboxylic acids is 1. The van der Waals surface area contributed by atoms with E-state index < -0.39 is 0 Å². The summed E-state index contributed by atoms with van der Waals surface area (Å²) in [4.78, 5) is 19.5. The molecule has 178 valence electrons. The van der Waals surface area contributed by atoms with Crippen molar-refractivity contribution in [1.29, 1.82) is 0 Å². The van der Waals surface area contributed by atoms with Gasteiger partial charge in [0.05, 0.1) is 6.04 Å². The second kappa shape index (κ2) is 10.9. The number of nitrogens with zero attached hydrogens (tertiary/aromatic N) is 3. The SMILES string of the molecule is CN(C)c1ccc([C@H](CNC(=O)c2cccc(Cl)c2)N2CCN(c3ccc(F)cc3)CC2)cc1. The van der Waals surface area contributed by atoms with Gasteiger partial charge in [0, 0.05) is 68.8 Å². The molecule has 1 heterocycles. The van der Waals surface area contributed by atoms with Crippen LogP contribution in [0, 0.1) is 5.82 Å². The molecule has 1 atom stereocenters. The van der Waals surface area contributed by atoms with Crippen LogP contribution in [0.3, 0.4) is 0 Å². The van der Waals surface area contributed by atoms with Crippen LogP contribution >= 0.6 is 11.6 Å². The molecule has 3 aromatic carbocycles. The van der Waals surface area contributed by atoms with Gasteiger partial charge in [0.1, 0.15) is 5.82 Å². The smallest absolute Gasteiger partial charge is 0.251 e. The lowest BCUT2D eigenvalue weighted by Crippen LogP contribution is -2.50. The summed E-state index contributed by atoms with van der Waals surface area (Å²) in [6.07, 6.45) is 0. The number of hydrogen-bond acceptors (Lipinski definition) is 4. The van der Waals surface area contributed by atoms with Crippen LogP contribution in [0.2, 0.25) is 5.02 Å². The maximum absolute atomic E-state index is 13.3. The van der Waals surface area contributed by atoms with Crippen molar-refractivity contribution in [2.24, 2.45) is 0 Å². The number of benzene rings is 3. The van der Waals surface area contributed by atoms with E-state index in [0.29, 0.717) is 17.1 Å². The van der Waals surface area contributed by atoms with Crippen molar-refractivity contribution in [2.75, 3.05) is 56.6 Å². The summed E-state index contributed by atoms with van der Waals surface area (Å²) in [5.41, 5.74) is 3.87. The zero-order valence-electron chi connectivity index (χ0n) is 19.5. The number of piperazine rings is 1. The van der Waals surface area contributed by atoms with Gasteiger partial charge in [-0.1, -0.05) is 29.8 Å². The lowest BCUT2D eigenvalue weighted by Gasteiger charge is -2.40. The largest absolute Gasteiger partial charge is 0.378 e. The van der Waals surface area contributed by atoms with Crippen molar-refractivity contribution >= 4 is 28.9 Å². The molecule has 0 aliphatic carbocycles. The van der Waals surface area contributed by atoms with Crippen LogP contribution in [-0.4, -0.2) is 57.6 Å². The lowest BCUT2D eigenvalue weighted by atomic mass is 10.0. The average Bonchev–Trinajstić information content (AvgIpc) is 2.85. The van der Waals surface area contributed by atoms with Crippen molar-refractivity contribution in [2.45, 2.75) is 6.04 Å². The second-order valence-electron chi connectivity index (χ2n) is 8.72. The van der Waals surface area contributed by atoms with E-state index in [-0.39, 0.29) is 17.8 Å². The topological polar surface area (TPSA) is 38.8 Å². The predicted molar refractivity (Wildman–Crippen MR) is 137 cm³/mol. The molecule has 4 rings (SSSR count). The molecular weight excluding hydrogens is 451 g/mol. The molecule has 0 radical (unpaired) electrons. The molecule has 0 aromatic heterocycles. The highest BCUT2D eigenvalue weighted by Gasteiger charge is 2.26. The van der Waals surface area contributed by atoms with E-state index in [0.717, 1.165) is 43.1 Å². The van der Waals surface area contributed by atoms with Crippen molar-refractivity contribution < 1.29 is 9.18 Å². The molecule has 1 aliphatic heterocycles. The van der Waals surface area contributed by atoms with Gasteiger partial charge in [0.15, 0.2) is 0 Å². The number of amides is 1. The Morgan fingerprint density at radius 3 is 2.29 bits per heavy atom. The average molecular weight is 481 g/mol. The Morgan fingerprint density at radius 1 is 1.00 bits per heavy atom. The maximum Gasteiger partial charge on any atom is 0.251 e. The van der Waals surface area contributed by atoms with Gasteiger partial charge < -0.3 is 15.1 Å². The Bertz CT molecular complexity index is 1100. The number of rotatable bonds is 7. The van der Waals surface area contributed by atoms with Crippen molar-refractivity contribution in [3.8, 4) is 0 Å². The van der Waals surface area contributed by atoms with Crippen LogP contribution in [0.25, 0.3) is 0 Å². The van der Waals surface area contributed by atoms with Crippen molar-refractivity contribution in [1.82, 2.24) is 10.2 Å². The first-order chi connectivity index (χ1) is 16.4. The first kappa shape index (κ1) is 24.0. The summed E-state index contributed by atoms with van der Waals surface area (Å²) in [5.74, 6) is -0.360. The highest BCUT2D eigenvalue weighted by atomic mass is 35.5. The van der Waals surface area contributed by atoms with Crippen LogP contribution in [0.15, 0.2) is 72.8 Å². The van der Waals surface area contributed by atoms with Crippen molar-refractivity contribution in [3.05, 3.63) is 94.8 Å². The highest BCUT2D eigenvalue weighted by Crippen LogP contribution is 2.26. The monoisotopic (exact) mass is 480 g/mol. The Kier molecular flexibility index (Phi) is 7.70. The lowest BCUT2D eigenvalue weighted by molar-refractivity contribution is 0.0930. The van der Waals surface area contributed by atoms with Gasteiger partial charge in [0.2, 0.25) is 0 Å². The summed E-state index contributed by atoms with van der Waals surface area (Å²) in [7, 11) is 4.04. The molecule has 0 bridgehead atoms. The van der Waals surface area contributed by atoms with E-state index in [9.17, 15) is 9.18 Å². The molecule has 1 N–H and O–H groups in total. The third-order valence-corrected chi connectivity index (χ3v) is 6.52. The summed E-state index contributed by atoms with van der Waals surface area (Å²) >= 11 is 6.06. The number of hydrogen-bond donors (Lipinski definition) is 1. The normalized spacial score (nSPS) is 15.1. The Balaban J connectivity index is 1.48. The molecule has 1 fully saturated rings. The Labute approximate surface area is 205 Å². The summed E-state index contributed by atoms with van der Waals surface area (Å²) in [5, 5.41) is 3.65. The van der Waals surface area contributed by atoms with Crippen LogP contribution in [-0.2, 0) is 0 Å². The molecule has 1 saturated heterocycles. The van der Waals surface area contributed by atoms with Crippen LogP contribution in [0.4, 0.5) is 15.8 Å². The van der Waals surface area contributed by atoms with Gasteiger partial charge in [-0.05, 0) is 60.2 Å². The van der Waals surface area contributed by atoms with Gasteiger partial charge in [-0.2, -0.15) is 0 Å².